The number of carboxylic acids is 5. The van der Waals surface area contributed by atoms with Gasteiger partial charge in [-0.05, 0) is 31.0 Å². The second-order valence-corrected chi connectivity index (χ2v) is 11.5. The first-order valence-corrected chi connectivity index (χ1v) is 15.5. The van der Waals surface area contributed by atoms with Gasteiger partial charge in [-0.3, -0.25) is 38.5 Å². The Morgan fingerprint density at radius 3 is 1.82 bits per heavy atom. The third-order valence-electron chi connectivity index (χ3n) is 7.69. The van der Waals surface area contributed by atoms with E-state index < -0.39 is 85.0 Å². The average molecular weight is 714 g/mol. The van der Waals surface area contributed by atoms with Crippen LogP contribution in [0.2, 0.25) is 0 Å². The van der Waals surface area contributed by atoms with Gasteiger partial charge in [0, 0.05) is 36.1 Å². The molecule has 3 atom stereocenters. The summed E-state index contributed by atoms with van der Waals surface area (Å²) in [6.07, 6.45) is 1.50. The van der Waals surface area contributed by atoms with Gasteiger partial charge in [0.05, 0.1) is 35.7 Å². The van der Waals surface area contributed by atoms with Gasteiger partial charge in [0.1, 0.15) is 18.1 Å². The Bertz CT molecular complexity index is 1920. The summed E-state index contributed by atoms with van der Waals surface area (Å²) < 4.78 is 1.48. The SMILES string of the molecule is O=C(O)C[C@H](NC(=O)[C@H](CC(=O)O)NC(=O)[C@H](CC(=O)O)NC(=O)CCCCCCn1c(=O)c2ccncc2c2ccc(C(=O)O)cc21)C(=O)O. The number of carbonyl (C=O) groups excluding carboxylic acids is 3. The van der Waals surface area contributed by atoms with E-state index in [-0.39, 0.29) is 30.5 Å². The fourth-order valence-corrected chi connectivity index (χ4v) is 5.25. The molecule has 0 aliphatic carbocycles. The second kappa shape index (κ2) is 17.8. The molecule has 8 N–H and O–H groups in total. The summed E-state index contributed by atoms with van der Waals surface area (Å²) in [4.78, 5) is 112. The minimum atomic E-state index is -1.96. The molecule has 1 aromatic carbocycles. The van der Waals surface area contributed by atoms with Crippen molar-refractivity contribution in [3.8, 4) is 0 Å². The van der Waals surface area contributed by atoms with Crippen LogP contribution in [0.15, 0.2) is 41.5 Å². The minimum Gasteiger partial charge on any atom is -0.481 e. The molecule has 0 saturated carbocycles. The Balaban J connectivity index is 1.60. The quantitative estimate of drug-likeness (QED) is 0.0571. The maximum Gasteiger partial charge on any atom is 0.335 e. The van der Waals surface area contributed by atoms with Crippen molar-refractivity contribution in [1.82, 2.24) is 25.5 Å². The van der Waals surface area contributed by atoms with Gasteiger partial charge >= 0.3 is 29.8 Å². The third kappa shape index (κ3) is 11.1. The van der Waals surface area contributed by atoms with Crippen molar-refractivity contribution in [3.05, 3.63) is 52.6 Å². The van der Waals surface area contributed by atoms with E-state index >= 15 is 0 Å². The molecule has 0 radical (unpaired) electrons. The van der Waals surface area contributed by atoms with Crippen LogP contribution in [0.5, 0.6) is 0 Å². The topological polar surface area (TPSA) is 309 Å². The molecule has 0 unspecified atom stereocenters. The number of unbranched alkanes of at least 4 members (excludes halogenated alkanes) is 3. The summed E-state index contributed by atoms with van der Waals surface area (Å²) >= 11 is 0. The lowest BCUT2D eigenvalue weighted by molar-refractivity contribution is -0.148. The van der Waals surface area contributed by atoms with Crippen molar-refractivity contribution < 1.29 is 63.9 Å². The van der Waals surface area contributed by atoms with Gasteiger partial charge < -0.3 is 46.1 Å². The van der Waals surface area contributed by atoms with E-state index in [2.05, 4.69) is 10.3 Å². The number of nitrogens with zero attached hydrogens (tertiary/aromatic N) is 2. The van der Waals surface area contributed by atoms with E-state index in [0.29, 0.717) is 40.9 Å². The van der Waals surface area contributed by atoms with Crippen molar-refractivity contribution in [2.24, 2.45) is 0 Å². The number of aromatic carboxylic acids is 1. The lowest BCUT2D eigenvalue weighted by Gasteiger charge is -2.23. The van der Waals surface area contributed by atoms with Crippen LogP contribution in [0.25, 0.3) is 21.7 Å². The van der Waals surface area contributed by atoms with Crippen molar-refractivity contribution in [3.63, 3.8) is 0 Å². The van der Waals surface area contributed by atoms with Crippen molar-refractivity contribution >= 4 is 69.2 Å². The van der Waals surface area contributed by atoms with E-state index in [9.17, 15) is 58.5 Å². The summed E-state index contributed by atoms with van der Waals surface area (Å²) in [5, 5.41) is 53.6. The highest BCUT2D eigenvalue weighted by Crippen LogP contribution is 2.24. The van der Waals surface area contributed by atoms with Gasteiger partial charge in [-0.1, -0.05) is 18.9 Å². The molecule has 3 rings (SSSR count). The Morgan fingerprint density at radius 1 is 0.667 bits per heavy atom. The normalized spacial score (nSPS) is 12.7. The number of carboxylic acid groups (broad SMARTS) is 5. The minimum absolute atomic E-state index is 0.00280. The van der Waals surface area contributed by atoms with E-state index in [1.165, 1.54) is 29.1 Å². The maximum atomic E-state index is 13.3. The van der Waals surface area contributed by atoms with Crippen LogP contribution >= 0.6 is 0 Å². The van der Waals surface area contributed by atoms with E-state index in [1.54, 1.807) is 12.1 Å². The largest absolute Gasteiger partial charge is 0.481 e. The number of pyridine rings is 2. The molecule has 2 aromatic heterocycles. The van der Waals surface area contributed by atoms with Crippen LogP contribution in [0.3, 0.4) is 0 Å². The molecule has 3 amide bonds. The van der Waals surface area contributed by atoms with Crippen LogP contribution in [0.4, 0.5) is 0 Å². The summed E-state index contributed by atoms with van der Waals surface area (Å²) in [6, 6.07) is 0.385. The smallest absolute Gasteiger partial charge is 0.335 e. The monoisotopic (exact) mass is 713 g/mol. The zero-order valence-corrected chi connectivity index (χ0v) is 26.9. The maximum absolute atomic E-state index is 13.3. The molecule has 0 spiro atoms. The van der Waals surface area contributed by atoms with E-state index in [0.717, 1.165) is 0 Å². The van der Waals surface area contributed by atoms with Crippen LogP contribution in [-0.4, -0.2) is 101 Å². The molecule has 0 aliphatic heterocycles. The first kappa shape index (κ1) is 39.0. The number of benzene rings is 1. The number of aromatic nitrogens is 2. The van der Waals surface area contributed by atoms with Gasteiger partial charge in [-0.15, -0.1) is 0 Å². The van der Waals surface area contributed by atoms with Gasteiger partial charge in [-0.25, -0.2) is 9.59 Å². The molecule has 3 aromatic rings. The van der Waals surface area contributed by atoms with Crippen molar-refractivity contribution in [2.45, 2.75) is 76.0 Å². The summed E-state index contributed by atoms with van der Waals surface area (Å²) in [7, 11) is 0. The Morgan fingerprint density at radius 2 is 1.24 bits per heavy atom. The second-order valence-electron chi connectivity index (χ2n) is 11.5. The Labute approximate surface area is 287 Å². The predicted octanol–water partition coefficient (Wildman–Crippen LogP) is 0.162. The first-order chi connectivity index (χ1) is 24.1. The number of rotatable bonds is 20. The van der Waals surface area contributed by atoms with Crippen LogP contribution in [-0.2, 0) is 40.1 Å². The Kier molecular flexibility index (Phi) is 13.7. The molecule has 0 aliphatic rings. The van der Waals surface area contributed by atoms with Crippen LogP contribution in [0.1, 0.15) is 61.7 Å². The van der Waals surface area contributed by atoms with E-state index in [4.69, 9.17) is 10.2 Å². The van der Waals surface area contributed by atoms with Gasteiger partial charge in [0.2, 0.25) is 17.7 Å². The zero-order valence-electron chi connectivity index (χ0n) is 26.9. The number of carbonyl (C=O) groups is 8. The molecule has 0 fully saturated rings. The molecule has 2 heterocycles. The van der Waals surface area contributed by atoms with Crippen molar-refractivity contribution in [1.29, 1.82) is 0 Å². The molecule has 19 heteroatoms. The number of nitrogens with one attached hydrogen (secondary N) is 3. The zero-order chi connectivity index (χ0) is 37.8. The Hall–Kier alpha value is -6.40. The number of fused-ring (bicyclic) bond motifs is 3. The standard InChI is InChI=1S/C32H35N5O14/c38-24(34-20(12-25(39)40)28(45)35-21(13-26(41)42)29(46)36-22(32(50)51)14-27(43)44)5-3-1-2-4-10-37-23-11-16(31(48)49)6-7-17(23)19-15-33-9-8-18(19)30(37)47/h6-9,11,15,20-22H,1-5,10,12-14H2,(H,34,38)(H,35,45)(H,36,46)(H,39,40)(H,41,42)(H,43,44)(H,48,49)(H,50,51)/t20-,21-,22-/m0/s1. The lowest BCUT2D eigenvalue weighted by atomic mass is 10.0. The lowest BCUT2D eigenvalue weighted by Crippen LogP contribution is -2.56. The van der Waals surface area contributed by atoms with Gasteiger partial charge in [-0.2, -0.15) is 0 Å². The molecule has 0 bridgehead atoms. The van der Waals surface area contributed by atoms with Crippen LogP contribution in [0, 0.1) is 0 Å². The number of aryl methyl sites for hydroxylation is 1. The molecular formula is C32H35N5O14. The van der Waals surface area contributed by atoms with Gasteiger partial charge in [0.25, 0.3) is 5.56 Å². The van der Waals surface area contributed by atoms with Crippen molar-refractivity contribution in [2.75, 3.05) is 0 Å². The highest BCUT2D eigenvalue weighted by molar-refractivity contribution is 6.07. The third-order valence-corrected chi connectivity index (χ3v) is 7.69. The highest BCUT2D eigenvalue weighted by atomic mass is 16.4. The predicted molar refractivity (Wildman–Crippen MR) is 174 cm³/mol. The molecule has 272 valence electrons. The van der Waals surface area contributed by atoms with E-state index in [1.807, 2.05) is 10.6 Å². The van der Waals surface area contributed by atoms with Gasteiger partial charge in [0.15, 0.2) is 0 Å². The fraction of sp³-hybridized carbons (Fsp3) is 0.375. The molecule has 0 saturated heterocycles. The molecule has 19 nitrogen and oxygen atoms in total. The average Bonchev–Trinajstić information content (AvgIpc) is 3.05. The fourth-order valence-electron chi connectivity index (χ4n) is 5.25. The number of aliphatic carboxylic acids is 4. The summed E-state index contributed by atoms with van der Waals surface area (Å²) in [5.41, 5.74) is 0.102. The summed E-state index contributed by atoms with van der Waals surface area (Å²) in [5.74, 6) is -11.0. The molecular weight excluding hydrogens is 678 g/mol. The first-order valence-electron chi connectivity index (χ1n) is 15.5. The number of amides is 3. The number of hydrogen-bond acceptors (Lipinski definition) is 10. The molecule has 51 heavy (non-hydrogen) atoms. The van der Waals surface area contributed by atoms with Crippen LogP contribution < -0.4 is 21.5 Å². The summed E-state index contributed by atoms with van der Waals surface area (Å²) in [6.45, 7) is 0.234. The number of hydrogen-bond donors (Lipinski definition) is 8. The highest BCUT2D eigenvalue weighted by Gasteiger charge is 2.32.